The molecule has 1 N–H and O–H groups in total. The summed E-state index contributed by atoms with van der Waals surface area (Å²) in [5.41, 5.74) is 3.12. The molecule has 1 amide bonds. The van der Waals surface area contributed by atoms with Crippen molar-refractivity contribution in [2.24, 2.45) is 7.05 Å². The maximum Gasteiger partial charge on any atom is 0.272 e. The number of rotatable bonds is 3. The lowest BCUT2D eigenvalue weighted by Gasteiger charge is -2.32. The number of nitrogens with zero attached hydrogens (tertiary/aromatic N) is 3. The summed E-state index contributed by atoms with van der Waals surface area (Å²) in [6.07, 6.45) is 11.1. The van der Waals surface area contributed by atoms with Gasteiger partial charge in [-0.1, -0.05) is 25.7 Å². The number of carbonyl (C=O) groups excluding carboxylic acids is 1. The Kier molecular flexibility index (Phi) is 4.14. The minimum Gasteiger partial charge on any atom is -0.348 e. The summed E-state index contributed by atoms with van der Waals surface area (Å²) < 4.78 is 1.94. The van der Waals surface area contributed by atoms with Crippen molar-refractivity contribution >= 4 is 5.91 Å². The number of nitrogens with one attached hydrogen (secondary N) is 1. The van der Waals surface area contributed by atoms with E-state index >= 15 is 0 Å². The standard InChI is InChI=1S/C18H28N4O/c1-21-16-10-11-22(14-8-4-5-9-14)12-15(16)17(20-21)18(23)19-13-6-2-3-7-13/h13-14H,2-12H2,1H3,(H,19,23). The van der Waals surface area contributed by atoms with E-state index < -0.39 is 0 Å². The molecule has 2 saturated carbocycles. The van der Waals surface area contributed by atoms with E-state index in [2.05, 4.69) is 15.3 Å². The van der Waals surface area contributed by atoms with E-state index in [4.69, 9.17) is 0 Å². The highest BCUT2D eigenvalue weighted by molar-refractivity contribution is 5.94. The van der Waals surface area contributed by atoms with Gasteiger partial charge in [0.25, 0.3) is 5.91 Å². The van der Waals surface area contributed by atoms with Gasteiger partial charge in [-0.2, -0.15) is 5.10 Å². The van der Waals surface area contributed by atoms with Crippen molar-refractivity contribution in [2.75, 3.05) is 6.54 Å². The number of aromatic nitrogens is 2. The second-order valence-electron chi connectivity index (χ2n) is 7.51. The molecule has 0 bridgehead atoms. The molecule has 4 rings (SSSR count). The third kappa shape index (κ3) is 2.91. The number of hydrogen-bond acceptors (Lipinski definition) is 3. The van der Waals surface area contributed by atoms with Crippen molar-refractivity contribution in [2.45, 2.75) is 76.4 Å². The first-order valence-electron chi connectivity index (χ1n) is 9.32. The van der Waals surface area contributed by atoms with Gasteiger partial charge in [0.2, 0.25) is 0 Å². The van der Waals surface area contributed by atoms with Gasteiger partial charge in [-0.05, 0) is 25.7 Å². The van der Waals surface area contributed by atoms with Crippen LogP contribution in [0.3, 0.4) is 0 Å². The molecule has 23 heavy (non-hydrogen) atoms. The molecule has 1 aliphatic heterocycles. The SMILES string of the molecule is Cn1nc(C(=O)NC2CCCC2)c2c1CCN(C1CCCC1)C2. The van der Waals surface area contributed by atoms with E-state index in [1.807, 2.05) is 11.7 Å². The lowest BCUT2D eigenvalue weighted by Crippen LogP contribution is -2.39. The summed E-state index contributed by atoms with van der Waals surface area (Å²) in [4.78, 5) is 15.3. The molecule has 5 nitrogen and oxygen atoms in total. The second-order valence-corrected chi connectivity index (χ2v) is 7.51. The maximum atomic E-state index is 12.7. The van der Waals surface area contributed by atoms with E-state index in [0.29, 0.717) is 17.8 Å². The molecule has 5 heteroatoms. The lowest BCUT2D eigenvalue weighted by atomic mass is 10.0. The van der Waals surface area contributed by atoms with Crippen LogP contribution in [-0.4, -0.2) is 39.2 Å². The molecule has 3 aliphatic rings. The Morgan fingerprint density at radius 1 is 1.13 bits per heavy atom. The number of amides is 1. The number of aryl methyl sites for hydroxylation is 1. The summed E-state index contributed by atoms with van der Waals surface area (Å²) in [5, 5.41) is 7.78. The van der Waals surface area contributed by atoms with Gasteiger partial charge in [-0.25, -0.2) is 0 Å². The van der Waals surface area contributed by atoms with Gasteiger partial charge in [-0.15, -0.1) is 0 Å². The average Bonchev–Trinajstić information content (AvgIpc) is 3.28. The predicted octanol–water partition coefficient (Wildman–Crippen LogP) is 2.39. The largest absolute Gasteiger partial charge is 0.348 e. The van der Waals surface area contributed by atoms with Crippen LogP contribution in [0.2, 0.25) is 0 Å². The van der Waals surface area contributed by atoms with Gasteiger partial charge >= 0.3 is 0 Å². The molecule has 0 aromatic carbocycles. The monoisotopic (exact) mass is 316 g/mol. The quantitative estimate of drug-likeness (QED) is 0.931. The van der Waals surface area contributed by atoms with Gasteiger partial charge < -0.3 is 5.32 Å². The minimum atomic E-state index is 0.0435. The zero-order chi connectivity index (χ0) is 15.8. The highest BCUT2D eigenvalue weighted by atomic mass is 16.2. The van der Waals surface area contributed by atoms with Crippen LogP contribution in [-0.2, 0) is 20.0 Å². The summed E-state index contributed by atoms with van der Waals surface area (Å²) in [7, 11) is 1.98. The zero-order valence-corrected chi connectivity index (χ0v) is 14.2. The van der Waals surface area contributed by atoms with Crippen LogP contribution in [0.1, 0.15) is 73.1 Å². The molecule has 1 aromatic rings. The van der Waals surface area contributed by atoms with E-state index in [9.17, 15) is 4.79 Å². The normalized spacial score (nSPS) is 23.3. The Labute approximate surface area is 138 Å². The number of carbonyl (C=O) groups is 1. The molecule has 0 unspecified atom stereocenters. The molecule has 0 spiro atoms. The third-order valence-corrected chi connectivity index (χ3v) is 6.02. The fourth-order valence-electron chi connectivity index (χ4n) is 4.70. The zero-order valence-electron chi connectivity index (χ0n) is 14.2. The van der Waals surface area contributed by atoms with Crippen LogP contribution in [0.25, 0.3) is 0 Å². The van der Waals surface area contributed by atoms with Crippen molar-refractivity contribution in [1.29, 1.82) is 0 Å². The molecule has 0 atom stereocenters. The average molecular weight is 316 g/mol. The topological polar surface area (TPSA) is 50.2 Å². The highest BCUT2D eigenvalue weighted by Gasteiger charge is 2.32. The molecular formula is C18H28N4O. The van der Waals surface area contributed by atoms with Crippen LogP contribution in [0.5, 0.6) is 0 Å². The van der Waals surface area contributed by atoms with Gasteiger partial charge in [0.1, 0.15) is 0 Å². The minimum absolute atomic E-state index is 0.0435. The first-order valence-corrected chi connectivity index (χ1v) is 9.32. The van der Waals surface area contributed by atoms with E-state index in [0.717, 1.165) is 32.4 Å². The van der Waals surface area contributed by atoms with Gasteiger partial charge in [-0.3, -0.25) is 14.4 Å². The molecule has 0 saturated heterocycles. The van der Waals surface area contributed by atoms with Crippen molar-refractivity contribution in [1.82, 2.24) is 20.0 Å². The Bertz CT molecular complexity index is 582. The molecule has 2 heterocycles. The molecule has 1 aromatic heterocycles. The van der Waals surface area contributed by atoms with Crippen molar-refractivity contribution in [3.8, 4) is 0 Å². The Hall–Kier alpha value is -1.36. The molecule has 0 radical (unpaired) electrons. The van der Waals surface area contributed by atoms with E-state index in [-0.39, 0.29) is 5.91 Å². The highest BCUT2D eigenvalue weighted by Crippen LogP contribution is 2.30. The Morgan fingerprint density at radius 3 is 2.57 bits per heavy atom. The van der Waals surface area contributed by atoms with Crippen LogP contribution in [0.4, 0.5) is 0 Å². The summed E-state index contributed by atoms with van der Waals surface area (Å²) in [6.45, 7) is 2.02. The molecule has 126 valence electrons. The van der Waals surface area contributed by atoms with Crippen LogP contribution in [0, 0.1) is 0 Å². The fraction of sp³-hybridized carbons (Fsp3) is 0.778. The maximum absolute atomic E-state index is 12.7. The van der Waals surface area contributed by atoms with Gasteiger partial charge in [0, 0.05) is 49.9 Å². The first kappa shape index (κ1) is 15.2. The first-order chi connectivity index (χ1) is 11.2. The van der Waals surface area contributed by atoms with Crippen molar-refractivity contribution in [3.05, 3.63) is 17.0 Å². The Morgan fingerprint density at radius 2 is 1.83 bits per heavy atom. The third-order valence-electron chi connectivity index (χ3n) is 6.02. The molecule has 2 aliphatic carbocycles. The fourth-order valence-corrected chi connectivity index (χ4v) is 4.70. The van der Waals surface area contributed by atoms with Crippen LogP contribution in [0.15, 0.2) is 0 Å². The number of fused-ring (bicyclic) bond motifs is 1. The smallest absolute Gasteiger partial charge is 0.272 e. The van der Waals surface area contributed by atoms with E-state index in [1.54, 1.807) is 0 Å². The lowest BCUT2D eigenvalue weighted by molar-refractivity contribution is 0.0928. The van der Waals surface area contributed by atoms with E-state index in [1.165, 1.54) is 49.8 Å². The molecular weight excluding hydrogens is 288 g/mol. The Balaban J connectivity index is 1.53. The summed E-state index contributed by atoms with van der Waals surface area (Å²) >= 11 is 0. The predicted molar refractivity (Wildman–Crippen MR) is 89.3 cm³/mol. The summed E-state index contributed by atoms with van der Waals surface area (Å²) in [5.74, 6) is 0.0435. The summed E-state index contributed by atoms with van der Waals surface area (Å²) in [6, 6.07) is 1.07. The van der Waals surface area contributed by atoms with Gasteiger partial charge in [0.15, 0.2) is 5.69 Å². The molecule has 2 fully saturated rings. The van der Waals surface area contributed by atoms with Crippen LogP contribution >= 0.6 is 0 Å². The second kappa shape index (κ2) is 6.27. The van der Waals surface area contributed by atoms with Crippen molar-refractivity contribution < 1.29 is 4.79 Å². The number of hydrogen-bond donors (Lipinski definition) is 1. The van der Waals surface area contributed by atoms with Gasteiger partial charge in [0.05, 0.1) is 0 Å². The van der Waals surface area contributed by atoms with Crippen LogP contribution < -0.4 is 5.32 Å². The van der Waals surface area contributed by atoms with Crippen molar-refractivity contribution in [3.63, 3.8) is 0 Å².